The normalized spacial score (nSPS) is 15.8. The first-order valence-electron chi connectivity index (χ1n) is 7.96. The Hall–Kier alpha value is -1.06. The van der Waals surface area contributed by atoms with Crippen molar-refractivity contribution in [3.05, 3.63) is 29.3 Å². The third-order valence-electron chi connectivity index (χ3n) is 4.68. The van der Waals surface area contributed by atoms with Crippen molar-refractivity contribution in [3.63, 3.8) is 0 Å². The summed E-state index contributed by atoms with van der Waals surface area (Å²) in [5.41, 5.74) is 10.2. The number of fused-ring (bicyclic) bond motifs is 1. The Morgan fingerprint density at radius 3 is 2.70 bits per heavy atom. The van der Waals surface area contributed by atoms with Gasteiger partial charge in [0.25, 0.3) is 0 Å². The first-order valence-corrected chi connectivity index (χ1v) is 7.96. The molecule has 1 aromatic carbocycles. The van der Waals surface area contributed by atoms with E-state index in [0.29, 0.717) is 6.54 Å². The summed E-state index contributed by atoms with van der Waals surface area (Å²) in [5.74, 6) is 0.754. The van der Waals surface area contributed by atoms with Crippen molar-refractivity contribution in [1.29, 1.82) is 0 Å². The average Bonchev–Trinajstić information content (AvgIpc) is 2.85. The molecule has 2 rings (SSSR count). The third kappa shape index (κ3) is 3.33. The third-order valence-corrected chi connectivity index (χ3v) is 4.68. The van der Waals surface area contributed by atoms with Gasteiger partial charge < -0.3 is 16.0 Å². The molecule has 3 heteroatoms. The van der Waals surface area contributed by atoms with E-state index in [1.807, 2.05) is 0 Å². The van der Waals surface area contributed by atoms with Crippen LogP contribution in [-0.2, 0) is 6.42 Å². The maximum absolute atomic E-state index is 5.97. The number of nitrogens with one attached hydrogen (secondary N) is 1. The van der Waals surface area contributed by atoms with Crippen LogP contribution in [0.4, 0.5) is 5.69 Å². The van der Waals surface area contributed by atoms with Gasteiger partial charge in [0.05, 0.1) is 0 Å². The average molecular weight is 275 g/mol. The molecule has 0 fully saturated rings. The van der Waals surface area contributed by atoms with Crippen molar-refractivity contribution in [3.8, 4) is 0 Å². The van der Waals surface area contributed by atoms with E-state index < -0.39 is 0 Å². The van der Waals surface area contributed by atoms with Crippen LogP contribution in [0.3, 0.4) is 0 Å². The minimum Gasteiger partial charge on any atom is -0.374 e. The Morgan fingerprint density at radius 2 is 2.05 bits per heavy atom. The number of likely N-dealkylation sites (N-methyl/N-ethyl adjacent to an activating group) is 1. The van der Waals surface area contributed by atoms with Crippen LogP contribution in [0.1, 0.15) is 43.9 Å². The highest BCUT2D eigenvalue weighted by Gasteiger charge is 2.18. The molecule has 0 bridgehead atoms. The van der Waals surface area contributed by atoms with Crippen LogP contribution in [-0.4, -0.2) is 26.7 Å². The van der Waals surface area contributed by atoms with Crippen molar-refractivity contribution in [2.45, 2.75) is 39.2 Å². The molecule has 0 radical (unpaired) electrons. The predicted molar refractivity (Wildman–Crippen MR) is 87.3 cm³/mol. The number of nitrogens with two attached hydrogens (primary N) is 1. The number of hydrogen-bond donors (Lipinski definition) is 2. The van der Waals surface area contributed by atoms with Gasteiger partial charge in [-0.05, 0) is 36.1 Å². The lowest BCUT2D eigenvalue weighted by atomic mass is 10.00. The molecule has 0 amide bonds. The van der Waals surface area contributed by atoms with E-state index in [9.17, 15) is 0 Å². The highest BCUT2D eigenvalue weighted by atomic mass is 15.1. The van der Waals surface area contributed by atoms with Gasteiger partial charge in [-0.15, -0.1) is 0 Å². The Morgan fingerprint density at radius 1 is 1.30 bits per heavy atom. The highest BCUT2D eigenvalue weighted by Crippen LogP contribution is 2.29. The van der Waals surface area contributed by atoms with Crippen LogP contribution in [0.15, 0.2) is 18.2 Å². The summed E-state index contributed by atoms with van der Waals surface area (Å²) in [5, 5.41) is 3.65. The molecule has 1 aliphatic rings. The van der Waals surface area contributed by atoms with Crippen LogP contribution in [0, 0.1) is 5.92 Å². The zero-order chi connectivity index (χ0) is 14.5. The standard InChI is InChI=1S/C17H29N3/c1-4-13(5-2)12-19-16(11-18)14-6-7-17-15(10-14)8-9-20(17)3/h6-7,10,13,16,19H,4-5,8-9,11-12,18H2,1-3H3. The van der Waals surface area contributed by atoms with Gasteiger partial charge in [0, 0.05) is 31.9 Å². The molecule has 112 valence electrons. The van der Waals surface area contributed by atoms with Gasteiger partial charge in [-0.1, -0.05) is 38.8 Å². The van der Waals surface area contributed by atoms with Gasteiger partial charge in [-0.3, -0.25) is 0 Å². The number of nitrogens with zero attached hydrogens (tertiary/aromatic N) is 1. The van der Waals surface area contributed by atoms with Gasteiger partial charge in [0.1, 0.15) is 0 Å². The molecule has 1 aliphatic heterocycles. The van der Waals surface area contributed by atoms with Crippen LogP contribution in [0.2, 0.25) is 0 Å². The highest BCUT2D eigenvalue weighted by molar-refractivity contribution is 5.58. The zero-order valence-electron chi connectivity index (χ0n) is 13.2. The van der Waals surface area contributed by atoms with Gasteiger partial charge in [0.2, 0.25) is 0 Å². The van der Waals surface area contributed by atoms with E-state index in [4.69, 9.17) is 5.73 Å². The minimum atomic E-state index is 0.284. The molecule has 0 aromatic heterocycles. The Balaban J connectivity index is 2.04. The number of benzene rings is 1. The van der Waals surface area contributed by atoms with Gasteiger partial charge in [-0.25, -0.2) is 0 Å². The summed E-state index contributed by atoms with van der Waals surface area (Å²) in [7, 11) is 2.16. The molecule has 0 aliphatic carbocycles. The second-order valence-corrected chi connectivity index (χ2v) is 5.94. The fraction of sp³-hybridized carbons (Fsp3) is 0.647. The largest absolute Gasteiger partial charge is 0.374 e. The Kier molecular flexibility index (Phi) is 5.44. The Bertz CT molecular complexity index is 426. The molecule has 1 unspecified atom stereocenters. The van der Waals surface area contributed by atoms with Crippen LogP contribution in [0.25, 0.3) is 0 Å². The van der Waals surface area contributed by atoms with E-state index >= 15 is 0 Å². The topological polar surface area (TPSA) is 41.3 Å². The van der Waals surface area contributed by atoms with E-state index in [-0.39, 0.29) is 6.04 Å². The van der Waals surface area contributed by atoms with Crippen molar-refractivity contribution in [2.75, 3.05) is 31.6 Å². The van der Waals surface area contributed by atoms with E-state index in [1.165, 1.54) is 29.7 Å². The summed E-state index contributed by atoms with van der Waals surface area (Å²) < 4.78 is 0. The van der Waals surface area contributed by atoms with Crippen LogP contribution >= 0.6 is 0 Å². The molecule has 0 spiro atoms. The molecule has 1 heterocycles. The fourth-order valence-corrected chi connectivity index (χ4v) is 3.03. The zero-order valence-corrected chi connectivity index (χ0v) is 13.2. The fourth-order valence-electron chi connectivity index (χ4n) is 3.03. The monoisotopic (exact) mass is 275 g/mol. The number of anilines is 1. The number of hydrogen-bond acceptors (Lipinski definition) is 3. The first kappa shape index (κ1) is 15.3. The molecular weight excluding hydrogens is 246 g/mol. The molecule has 1 atom stereocenters. The van der Waals surface area contributed by atoms with E-state index in [1.54, 1.807) is 0 Å². The smallest absolute Gasteiger partial charge is 0.0444 e. The molecule has 3 N–H and O–H groups in total. The minimum absolute atomic E-state index is 0.284. The molecule has 20 heavy (non-hydrogen) atoms. The van der Waals surface area contributed by atoms with Crippen LogP contribution in [0.5, 0.6) is 0 Å². The second kappa shape index (κ2) is 7.09. The van der Waals surface area contributed by atoms with E-state index in [2.05, 4.69) is 49.3 Å². The van der Waals surface area contributed by atoms with E-state index in [0.717, 1.165) is 25.4 Å². The van der Waals surface area contributed by atoms with Crippen molar-refractivity contribution in [2.24, 2.45) is 11.7 Å². The van der Waals surface area contributed by atoms with Gasteiger partial charge in [-0.2, -0.15) is 0 Å². The lowest BCUT2D eigenvalue weighted by Gasteiger charge is -2.22. The lowest BCUT2D eigenvalue weighted by Crippen LogP contribution is -2.32. The molecule has 1 aromatic rings. The quantitative estimate of drug-likeness (QED) is 0.804. The van der Waals surface area contributed by atoms with Crippen molar-refractivity contribution < 1.29 is 0 Å². The maximum Gasteiger partial charge on any atom is 0.0444 e. The summed E-state index contributed by atoms with van der Waals surface area (Å²) >= 11 is 0. The van der Waals surface area contributed by atoms with Crippen molar-refractivity contribution in [1.82, 2.24) is 5.32 Å². The summed E-state index contributed by atoms with van der Waals surface area (Å²) in [6.07, 6.45) is 3.62. The SMILES string of the molecule is CCC(CC)CNC(CN)c1ccc2c(c1)CCN2C. The van der Waals surface area contributed by atoms with Gasteiger partial charge in [0.15, 0.2) is 0 Å². The molecule has 0 saturated carbocycles. The van der Waals surface area contributed by atoms with Crippen LogP contribution < -0.4 is 16.0 Å². The van der Waals surface area contributed by atoms with Gasteiger partial charge >= 0.3 is 0 Å². The lowest BCUT2D eigenvalue weighted by molar-refractivity contribution is 0.414. The maximum atomic E-state index is 5.97. The van der Waals surface area contributed by atoms with Crippen molar-refractivity contribution >= 4 is 5.69 Å². The Labute approximate surface area is 123 Å². The molecule has 3 nitrogen and oxygen atoms in total. The first-order chi connectivity index (χ1) is 9.69. The summed E-state index contributed by atoms with van der Waals surface area (Å²) in [4.78, 5) is 2.33. The predicted octanol–water partition coefficient (Wildman–Crippen LogP) is 2.70. The molecular formula is C17H29N3. The number of rotatable bonds is 7. The second-order valence-electron chi connectivity index (χ2n) is 5.94. The molecule has 0 saturated heterocycles. The summed E-state index contributed by atoms with van der Waals surface area (Å²) in [6.45, 7) is 7.38. The summed E-state index contributed by atoms with van der Waals surface area (Å²) in [6, 6.07) is 7.11.